The summed E-state index contributed by atoms with van der Waals surface area (Å²) in [6, 6.07) is 7.65. The number of rotatable bonds is 1. The third-order valence-electron chi connectivity index (χ3n) is 3.61. The highest BCUT2D eigenvalue weighted by molar-refractivity contribution is 5.99. The van der Waals surface area contributed by atoms with Gasteiger partial charge in [0.2, 0.25) is 0 Å². The summed E-state index contributed by atoms with van der Waals surface area (Å²) in [4.78, 5) is 16.3. The summed E-state index contributed by atoms with van der Waals surface area (Å²) in [7, 11) is 0. The number of nitrogens with zero attached hydrogens (tertiary/aromatic N) is 2. The van der Waals surface area contributed by atoms with Gasteiger partial charge >= 0.3 is 0 Å². The second-order valence-electron chi connectivity index (χ2n) is 5.31. The maximum atomic E-state index is 12.2. The summed E-state index contributed by atoms with van der Waals surface area (Å²) < 4.78 is 7.82. The quantitative estimate of drug-likeness (QED) is 0.787. The summed E-state index contributed by atoms with van der Waals surface area (Å²) in [5.41, 5.74) is 1.27. The van der Waals surface area contributed by atoms with Crippen LogP contribution in [0.4, 0.5) is 0 Å². The molecule has 4 heteroatoms. The number of ketones is 1. The molecular formula is C15H16N2O2. The first-order chi connectivity index (χ1) is 9.09. The Hall–Kier alpha value is -1.94. The molecule has 3 rings (SSSR count). The van der Waals surface area contributed by atoms with Crippen LogP contribution in [-0.2, 0) is 4.74 Å². The number of fused-ring (bicyclic) bond motifs is 1. The number of hydrogen-bond acceptors (Lipinski definition) is 3. The normalized spacial score (nSPS) is 21.8. The van der Waals surface area contributed by atoms with Gasteiger partial charge in [0.05, 0.1) is 18.0 Å². The standard InChI is InChI=1S/C15H16N2O2/c1-15(2)14(17-8-7-16-10-17)12-6-4-3-5-11(12)13(18)9-19-15/h3-8,10,14H,9H2,1-2H3. The Kier molecular flexibility index (Phi) is 2.75. The predicted molar refractivity (Wildman–Crippen MR) is 71.2 cm³/mol. The van der Waals surface area contributed by atoms with Crippen molar-refractivity contribution in [2.45, 2.75) is 25.5 Å². The van der Waals surface area contributed by atoms with E-state index in [0.717, 1.165) is 11.1 Å². The fourth-order valence-electron chi connectivity index (χ4n) is 2.71. The molecule has 0 bridgehead atoms. The molecule has 0 spiro atoms. The Bertz CT molecular complexity index is 602. The minimum atomic E-state index is -0.469. The van der Waals surface area contributed by atoms with E-state index < -0.39 is 5.60 Å². The highest BCUT2D eigenvalue weighted by Gasteiger charge is 2.38. The fourth-order valence-corrected chi connectivity index (χ4v) is 2.71. The molecule has 2 aromatic rings. The molecule has 1 aliphatic rings. The van der Waals surface area contributed by atoms with Gasteiger partial charge in [-0.15, -0.1) is 0 Å². The average Bonchev–Trinajstić information content (AvgIpc) is 2.87. The van der Waals surface area contributed by atoms with Crippen molar-refractivity contribution in [3.05, 3.63) is 54.1 Å². The van der Waals surface area contributed by atoms with Crippen molar-refractivity contribution in [2.24, 2.45) is 0 Å². The Morgan fingerprint density at radius 1 is 1.37 bits per heavy atom. The minimum absolute atomic E-state index is 0.0336. The van der Waals surface area contributed by atoms with E-state index in [9.17, 15) is 4.79 Å². The largest absolute Gasteiger partial charge is 0.365 e. The molecule has 0 N–H and O–H groups in total. The van der Waals surface area contributed by atoms with Crippen LogP contribution in [0, 0.1) is 0 Å². The summed E-state index contributed by atoms with van der Waals surface area (Å²) in [5, 5.41) is 0. The molecule has 4 nitrogen and oxygen atoms in total. The second-order valence-corrected chi connectivity index (χ2v) is 5.31. The number of aromatic nitrogens is 2. The van der Waals surface area contributed by atoms with Gasteiger partial charge in [-0.3, -0.25) is 4.79 Å². The number of carbonyl (C=O) groups is 1. The van der Waals surface area contributed by atoms with E-state index in [2.05, 4.69) is 4.98 Å². The number of carbonyl (C=O) groups excluding carboxylic acids is 1. The molecule has 98 valence electrons. The first kappa shape index (κ1) is 12.1. The molecule has 1 aromatic heterocycles. The summed E-state index contributed by atoms with van der Waals surface area (Å²) in [6.07, 6.45) is 5.41. The second kappa shape index (κ2) is 4.31. The summed E-state index contributed by atoms with van der Waals surface area (Å²) >= 11 is 0. The molecule has 1 aromatic carbocycles. The molecule has 1 atom stereocenters. The van der Waals surface area contributed by atoms with Gasteiger partial charge in [-0.1, -0.05) is 24.3 Å². The number of hydrogen-bond donors (Lipinski definition) is 0. The third-order valence-corrected chi connectivity index (χ3v) is 3.61. The van der Waals surface area contributed by atoms with Crippen LogP contribution in [-0.4, -0.2) is 27.5 Å². The van der Waals surface area contributed by atoms with Gasteiger partial charge in [-0.25, -0.2) is 4.98 Å². The highest BCUT2D eigenvalue weighted by atomic mass is 16.5. The van der Waals surface area contributed by atoms with E-state index in [1.807, 2.05) is 48.9 Å². The van der Waals surface area contributed by atoms with Crippen LogP contribution in [0.25, 0.3) is 0 Å². The third kappa shape index (κ3) is 1.98. The molecular weight excluding hydrogens is 240 g/mol. The lowest BCUT2D eigenvalue weighted by Crippen LogP contribution is -2.36. The Morgan fingerprint density at radius 2 is 2.16 bits per heavy atom. The van der Waals surface area contributed by atoms with Crippen LogP contribution < -0.4 is 0 Å². The Morgan fingerprint density at radius 3 is 2.89 bits per heavy atom. The maximum Gasteiger partial charge on any atom is 0.188 e. The van der Waals surface area contributed by atoms with E-state index in [1.165, 1.54) is 0 Å². The molecule has 0 fully saturated rings. The van der Waals surface area contributed by atoms with E-state index in [1.54, 1.807) is 12.5 Å². The fraction of sp³-hybridized carbons (Fsp3) is 0.333. The number of imidazole rings is 1. The predicted octanol–water partition coefficient (Wildman–Crippen LogP) is 2.46. The van der Waals surface area contributed by atoms with Crippen molar-refractivity contribution < 1.29 is 9.53 Å². The SMILES string of the molecule is CC1(C)OCC(=O)c2ccccc2C1n1ccnc1. The monoisotopic (exact) mass is 256 g/mol. The molecule has 0 radical (unpaired) electrons. The molecule has 2 heterocycles. The molecule has 0 saturated carbocycles. The van der Waals surface area contributed by atoms with Gasteiger partial charge in [0.1, 0.15) is 6.61 Å². The number of ether oxygens (including phenoxy) is 1. The zero-order valence-electron chi connectivity index (χ0n) is 11.0. The lowest BCUT2D eigenvalue weighted by atomic mass is 9.88. The zero-order chi connectivity index (χ0) is 13.5. The molecule has 1 unspecified atom stereocenters. The topological polar surface area (TPSA) is 44.1 Å². The Balaban J connectivity index is 2.22. The van der Waals surface area contributed by atoms with Gasteiger partial charge in [0, 0.05) is 18.0 Å². The van der Waals surface area contributed by atoms with Gasteiger partial charge < -0.3 is 9.30 Å². The van der Waals surface area contributed by atoms with Crippen LogP contribution in [0.3, 0.4) is 0 Å². The van der Waals surface area contributed by atoms with Gasteiger partial charge in [0.15, 0.2) is 5.78 Å². The van der Waals surface area contributed by atoms with Crippen molar-refractivity contribution in [1.82, 2.24) is 9.55 Å². The van der Waals surface area contributed by atoms with Crippen LogP contribution in [0.2, 0.25) is 0 Å². The molecule has 1 aliphatic heterocycles. The van der Waals surface area contributed by atoms with Crippen molar-refractivity contribution >= 4 is 5.78 Å². The Labute approximate surface area is 112 Å². The van der Waals surface area contributed by atoms with Crippen molar-refractivity contribution in [1.29, 1.82) is 0 Å². The molecule has 19 heavy (non-hydrogen) atoms. The maximum absolute atomic E-state index is 12.2. The summed E-state index contributed by atoms with van der Waals surface area (Å²) in [6.45, 7) is 4.13. The van der Waals surface area contributed by atoms with Crippen LogP contribution in [0.15, 0.2) is 43.0 Å². The zero-order valence-corrected chi connectivity index (χ0v) is 11.0. The van der Waals surface area contributed by atoms with E-state index >= 15 is 0 Å². The average molecular weight is 256 g/mol. The van der Waals surface area contributed by atoms with Gasteiger partial charge in [0.25, 0.3) is 0 Å². The smallest absolute Gasteiger partial charge is 0.188 e. The van der Waals surface area contributed by atoms with Crippen molar-refractivity contribution in [3.8, 4) is 0 Å². The molecule has 0 aliphatic carbocycles. The van der Waals surface area contributed by atoms with Crippen LogP contribution in [0.1, 0.15) is 35.8 Å². The lowest BCUT2D eigenvalue weighted by molar-refractivity contribution is -0.0315. The van der Waals surface area contributed by atoms with E-state index in [4.69, 9.17) is 4.74 Å². The highest BCUT2D eigenvalue weighted by Crippen LogP contribution is 2.37. The molecule has 0 saturated heterocycles. The molecule has 0 amide bonds. The minimum Gasteiger partial charge on any atom is -0.365 e. The van der Waals surface area contributed by atoms with E-state index in [-0.39, 0.29) is 18.4 Å². The first-order valence-electron chi connectivity index (χ1n) is 6.33. The van der Waals surface area contributed by atoms with Gasteiger partial charge in [-0.2, -0.15) is 0 Å². The van der Waals surface area contributed by atoms with Crippen molar-refractivity contribution in [3.63, 3.8) is 0 Å². The van der Waals surface area contributed by atoms with Crippen LogP contribution in [0.5, 0.6) is 0 Å². The first-order valence-corrected chi connectivity index (χ1v) is 6.33. The summed E-state index contributed by atoms with van der Waals surface area (Å²) in [5.74, 6) is 0.0336. The number of Topliss-reactive ketones (excluding diaryl/α,β-unsaturated/α-hetero) is 1. The van der Waals surface area contributed by atoms with Gasteiger partial charge in [-0.05, 0) is 19.4 Å². The number of benzene rings is 1. The lowest BCUT2D eigenvalue weighted by Gasteiger charge is -2.33. The van der Waals surface area contributed by atoms with Crippen molar-refractivity contribution in [2.75, 3.05) is 6.61 Å². The van der Waals surface area contributed by atoms with E-state index in [0.29, 0.717) is 0 Å². The van der Waals surface area contributed by atoms with Crippen LogP contribution >= 0.6 is 0 Å².